The second-order valence-electron chi connectivity index (χ2n) is 5.88. The average Bonchev–Trinajstić information content (AvgIpc) is 2.97. The van der Waals surface area contributed by atoms with Gasteiger partial charge in [-0.2, -0.15) is 5.10 Å². The molecule has 0 aliphatic carbocycles. The summed E-state index contributed by atoms with van der Waals surface area (Å²) < 4.78 is 26.6. The largest absolute Gasteiger partial charge is 0.486 e. The number of aromatic nitrogens is 3. The molecule has 1 aromatic heterocycles. The summed E-state index contributed by atoms with van der Waals surface area (Å²) in [6, 6.07) is 2.20. The van der Waals surface area contributed by atoms with Crippen LogP contribution in [0.15, 0.2) is 16.9 Å². The molecular formula is C15H15FN4O5. The van der Waals surface area contributed by atoms with Gasteiger partial charge in [-0.1, -0.05) is 6.07 Å². The van der Waals surface area contributed by atoms with Crippen LogP contribution in [0.2, 0.25) is 0 Å². The van der Waals surface area contributed by atoms with E-state index in [2.05, 4.69) is 10.2 Å². The fourth-order valence-corrected chi connectivity index (χ4v) is 3.10. The third kappa shape index (κ3) is 2.64. The smallest absolute Gasteiger partial charge is 0.343 e. The van der Waals surface area contributed by atoms with E-state index < -0.39 is 23.5 Å². The van der Waals surface area contributed by atoms with E-state index in [0.29, 0.717) is 23.7 Å². The standard InChI is InChI=1S/C15H15FN4O5/c16-12-8(1-2-10-13(12)25-4-3-24-10)5-19-7-11-17-18-15(23)20(11)6-9(19)14(21)22/h1-2,9H,3-7H2,(H,18,23)(H,21,22). The van der Waals surface area contributed by atoms with Crippen LogP contribution < -0.4 is 15.2 Å². The van der Waals surface area contributed by atoms with Crippen molar-refractivity contribution in [3.05, 3.63) is 39.8 Å². The van der Waals surface area contributed by atoms with Crippen molar-refractivity contribution in [3.63, 3.8) is 0 Å². The molecule has 0 spiro atoms. The predicted octanol–water partition coefficient (Wildman–Crippen LogP) is -0.0493. The van der Waals surface area contributed by atoms with E-state index in [0.717, 1.165) is 0 Å². The van der Waals surface area contributed by atoms with Crippen LogP contribution in [0.3, 0.4) is 0 Å². The minimum absolute atomic E-state index is 0.0422. The number of carboxylic acid groups (broad SMARTS) is 1. The lowest BCUT2D eigenvalue weighted by Gasteiger charge is -2.33. The molecule has 0 bridgehead atoms. The monoisotopic (exact) mass is 350 g/mol. The first-order valence-electron chi connectivity index (χ1n) is 7.72. The van der Waals surface area contributed by atoms with Crippen LogP contribution in [0.4, 0.5) is 4.39 Å². The first-order valence-corrected chi connectivity index (χ1v) is 7.72. The number of fused-ring (bicyclic) bond motifs is 2. The summed E-state index contributed by atoms with van der Waals surface area (Å²) in [7, 11) is 0. The number of rotatable bonds is 3. The van der Waals surface area contributed by atoms with E-state index in [1.165, 1.54) is 4.57 Å². The van der Waals surface area contributed by atoms with Crippen LogP contribution in [0.5, 0.6) is 11.5 Å². The number of ether oxygens (including phenoxy) is 2. The maximum atomic E-state index is 14.7. The molecule has 2 aliphatic rings. The minimum Gasteiger partial charge on any atom is -0.486 e. The van der Waals surface area contributed by atoms with Crippen molar-refractivity contribution in [3.8, 4) is 11.5 Å². The molecule has 9 nitrogen and oxygen atoms in total. The molecule has 1 unspecified atom stereocenters. The number of aromatic amines is 1. The van der Waals surface area contributed by atoms with Crippen LogP contribution in [-0.4, -0.2) is 50.0 Å². The number of hydrogen-bond acceptors (Lipinski definition) is 6. The van der Waals surface area contributed by atoms with Crippen LogP contribution in [0.25, 0.3) is 0 Å². The molecule has 10 heteroatoms. The number of halogens is 1. The molecule has 2 N–H and O–H groups in total. The first kappa shape index (κ1) is 15.6. The molecule has 3 heterocycles. The minimum atomic E-state index is -1.09. The summed E-state index contributed by atoms with van der Waals surface area (Å²) in [5, 5.41) is 15.7. The molecule has 1 aromatic carbocycles. The molecule has 0 saturated heterocycles. The van der Waals surface area contributed by atoms with Gasteiger partial charge in [0.05, 0.1) is 13.1 Å². The SMILES string of the molecule is O=C(O)C1Cn2c(n[nH]c2=O)CN1Cc1ccc2c(c1F)OCCO2. The van der Waals surface area contributed by atoms with Gasteiger partial charge in [0.25, 0.3) is 0 Å². The third-order valence-corrected chi connectivity index (χ3v) is 4.36. The van der Waals surface area contributed by atoms with E-state index >= 15 is 0 Å². The summed E-state index contributed by atoms with van der Waals surface area (Å²) >= 11 is 0. The van der Waals surface area contributed by atoms with Crippen molar-refractivity contribution in [2.75, 3.05) is 13.2 Å². The van der Waals surface area contributed by atoms with Crippen molar-refractivity contribution in [2.45, 2.75) is 25.7 Å². The number of H-pyrrole nitrogens is 1. The second kappa shape index (κ2) is 5.88. The molecule has 2 aliphatic heterocycles. The average molecular weight is 350 g/mol. The number of carboxylic acids is 1. The molecule has 4 rings (SSSR count). The number of carbonyl (C=O) groups is 1. The van der Waals surface area contributed by atoms with Gasteiger partial charge in [0.15, 0.2) is 17.3 Å². The number of nitrogens with zero attached hydrogens (tertiary/aromatic N) is 3. The Morgan fingerprint density at radius 1 is 1.40 bits per heavy atom. The van der Waals surface area contributed by atoms with Gasteiger partial charge in [-0.15, -0.1) is 0 Å². The summed E-state index contributed by atoms with van der Waals surface area (Å²) in [6.45, 7) is 0.723. The Morgan fingerprint density at radius 2 is 2.20 bits per heavy atom. The van der Waals surface area contributed by atoms with Crippen LogP contribution in [0.1, 0.15) is 11.4 Å². The number of benzene rings is 1. The normalized spacial score (nSPS) is 19.5. The molecule has 0 amide bonds. The van der Waals surface area contributed by atoms with E-state index in [-0.39, 0.29) is 32.0 Å². The van der Waals surface area contributed by atoms with Crippen molar-refractivity contribution >= 4 is 5.97 Å². The van der Waals surface area contributed by atoms with E-state index in [1.807, 2.05) is 0 Å². The quantitative estimate of drug-likeness (QED) is 0.799. The second-order valence-corrected chi connectivity index (χ2v) is 5.88. The van der Waals surface area contributed by atoms with Crippen LogP contribution >= 0.6 is 0 Å². The highest BCUT2D eigenvalue weighted by atomic mass is 19.1. The number of hydrogen-bond donors (Lipinski definition) is 2. The molecule has 132 valence electrons. The van der Waals surface area contributed by atoms with Gasteiger partial charge in [-0.3, -0.25) is 14.3 Å². The lowest BCUT2D eigenvalue weighted by atomic mass is 10.1. The predicted molar refractivity (Wildman–Crippen MR) is 80.9 cm³/mol. The van der Waals surface area contributed by atoms with Gasteiger partial charge in [0, 0.05) is 12.1 Å². The zero-order valence-corrected chi connectivity index (χ0v) is 13.1. The Balaban J connectivity index is 1.65. The maximum Gasteiger partial charge on any atom is 0.343 e. The molecule has 25 heavy (non-hydrogen) atoms. The van der Waals surface area contributed by atoms with Crippen molar-refractivity contribution in [1.29, 1.82) is 0 Å². The van der Waals surface area contributed by atoms with Crippen molar-refractivity contribution in [2.24, 2.45) is 0 Å². The zero-order chi connectivity index (χ0) is 17.6. The van der Waals surface area contributed by atoms with E-state index in [9.17, 15) is 19.1 Å². The van der Waals surface area contributed by atoms with Gasteiger partial charge in [0.1, 0.15) is 25.1 Å². The Labute approximate surface area is 140 Å². The van der Waals surface area contributed by atoms with E-state index in [1.54, 1.807) is 17.0 Å². The van der Waals surface area contributed by atoms with Crippen LogP contribution in [-0.2, 0) is 24.4 Å². The number of aliphatic carboxylic acids is 1. The van der Waals surface area contributed by atoms with Gasteiger partial charge in [-0.25, -0.2) is 14.3 Å². The molecule has 0 radical (unpaired) electrons. The molecule has 0 saturated carbocycles. The summed E-state index contributed by atoms with van der Waals surface area (Å²) in [5.41, 5.74) is -0.159. The van der Waals surface area contributed by atoms with Gasteiger partial charge in [-0.05, 0) is 6.07 Å². The van der Waals surface area contributed by atoms with Crippen molar-refractivity contribution < 1.29 is 23.8 Å². The zero-order valence-electron chi connectivity index (χ0n) is 13.1. The Bertz CT molecular complexity index is 893. The van der Waals surface area contributed by atoms with Gasteiger partial charge < -0.3 is 14.6 Å². The highest BCUT2D eigenvalue weighted by Crippen LogP contribution is 2.35. The van der Waals surface area contributed by atoms with Gasteiger partial charge in [0.2, 0.25) is 0 Å². The molecule has 1 atom stereocenters. The first-order chi connectivity index (χ1) is 12.0. The third-order valence-electron chi connectivity index (χ3n) is 4.36. The molecular weight excluding hydrogens is 335 g/mol. The lowest BCUT2D eigenvalue weighted by Crippen LogP contribution is -2.49. The van der Waals surface area contributed by atoms with E-state index in [4.69, 9.17) is 9.47 Å². The lowest BCUT2D eigenvalue weighted by molar-refractivity contribution is -0.145. The number of nitrogens with one attached hydrogen (secondary N) is 1. The highest BCUT2D eigenvalue weighted by molar-refractivity contribution is 5.73. The topological polar surface area (TPSA) is 110 Å². The Morgan fingerprint density at radius 3 is 3.00 bits per heavy atom. The molecule has 0 fully saturated rings. The summed E-state index contributed by atoms with van der Waals surface area (Å²) in [6.07, 6.45) is 0. The summed E-state index contributed by atoms with van der Waals surface area (Å²) in [5.74, 6) is -0.852. The van der Waals surface area contributed by atoms with Gasteiger partial charge >= 0.3 is 11.7 Å². The highest BCUT2D eigenvalue weighted by Gasteiger charge is 2.34. The molecule has 2 aromatic rings. The van der Waals surface area contributed by atoms with Crippen molar-refractivity contribution in [1.82, 2.24) is 19.7 Å². The van der Waals surface area contributed by atoms with Crippen LogP contribution in [0, 0.1) is 5.82 Å². The fourth-order valence-electron chi connectivity index (χ4n) is 3.10. The Kier molecular flexibility index (Phi) is 3.68. The Hall–Kier alpha value is -2.88. The fraction of sp³-hybridized carbons (Fsp3) is 0.400. The maximum absolute atomic E-state index is 14.7. The summed E-state index contributed by atoms with van der Waals surface area (Å²) in [4.78, 5) is 24.8.